The van der Waals surface area contributed by atoms with Crippen molar-refractivity contribution in [3.63, 3.8) is 0 Å². The Hall–Kier alpha value is -1.69. The van der Waals surface area contributed by atoms with E-state index in [1.165, 1.54) is 6.33 Å². The molecular weight excluding hydrogens is 268 g/mol. The number of amides is 1. The van der Waals surface area contributed by atoms with E-state index in [1.807, 2.05) is 27.7 Å². The number of hydrogen-bond donors (Lipinski definition) is 1. The van der Waals surface area contributed by atoms with E-state index < -0.39 is 5.60 Å². The summed E-state index contributed by atoms with van der Waals surface area (Å²) in [6.07, 6.45) is 5.59. The molecule has 1 aromatic heterocycles. The minimum Gasteiger partial charge on any atom is -0.444 e. The molecule has 6 nitrogen and oxygen atoms in total. The lowest BCUT2D eigenvalue weighted by Crippen LogP contribution is -2.54. The van der Waals surface area contributed by atoms with Crippen LogP contribution in [0.15, 0.2) is 18.7 Å². The number of carbonyl (C=O) groups excluding carboxylic acids is 1. The van der Waals surface area contributed by atoms with E-state index in [-0.39, 0.29) is 24.1 Å². The van der Waals surface area contributed by atoms with Crippen molar-refractivity contribution in [3.8, 4) is 0 Å². The number of rotatable bonds is 1. The molecule has 1 amide bonds. The van der Waals surface area contributed by atoms with Crippen molar-refractivity contribution >= 4 is 6.09 Å². The van der Waals surface area contributed by atoms with Gasteiger partial charge in [0.15, 0.2) is 0 Å². The quantitative estimate of drug-likeness (QED) is 0.855. The molecular formula is C15H24N4O2. The van der Waals surface area contributed by atoms with Gasteiger partial charge in [0.25, 0.3) is 0 Å². The Bertz CT molecular complexity index is 486. The first-order chi connectivity index (χ1) is 9.78. The van der Waals surface area contributed by atoms with Crippen LogP contribution in [-0.2, 0) is 4.74 Å². The van der Waals surface area contributed by atoms with Crippen molar-refractivity contribution < 1.29 is 9.53 Å². The molecule has 0 aliphatic carbocycles. The summed E-state index contributed by atoms with van der Waals surface area (Å²) < 4.78 is 5.48. The highest BCUT2D eigenvalue weighted by Gasteiger charge is 2.37. The van der Waals surface area contributed by atoms with Crippen LogP contribution in [0.4, 0.5) is 4.79 Å². The monoisotopic (exact) mass is 292 g/mol. The maximum absolute atomic E-state index is 12.4. The lowest BCUT2D eigenvalue weighted by atomic mass is 9.84. The van der Waals surface area contributed by atoms with Crippen molar-refractivity contribution in [1.82, 2.24) is 14.9 Å². The van der Waals surface area contributed by atoms with Gasteiger partial charge in [-0.05, 0) is 39.7 Å². The number of hydrogen-bond acceptors (Lipinski definition) is 5. The van der Waals surface area contributed by atoms with Crippen molar-refractivity contribution in [1.29, 1.82) is 0 Å². The van der Waals surface area contributed by atoms with Crippen LogP contribution < -0.4 is 5.73 Å². The van der Waals surface area contributed by atoms with Crippen molar-refractivity contribution in [2.24, 2.45) is 5.73 Å². The van der Waals surface area contributed by atoms with Crippen LogP contribution in [0.2, 0.25) is 0 Å². The highest BCUT2D eigenvalue weighted by Crippen LogP contribution is 2.32. The first kappa shape index (κ1) is 15.7. The molecule has 0 spiro atoms. The zero-order valence-electron chi connectivity index (χ0n) is 13.1. The van der Waals surface area contributed by atoms with Gasteiger partial charge in [-0.3, -0.25) is 0 Å². The highest BCUT2D eigenvalue weighted by molar-refractivity contribution is 5.69. The molecule has 2 heterocycles. The SMILES string of the molecule is CC1C(c2cncnc2)CC(N)CN1C(=O)OC(C)(C)C. The van der Waals surface area contributed by atoms with Gasteiger partial charge in [0, 0.05) is 36.9 Å². The Kier molecular flexibility index (Phi) is 4.46. The number of likely N-dealkylation sites (tertiary alicyclic amines) is 1. The Labute approximate surface area is 125 Å². The van der Waals surface area contributed by atoms with Crippen molar-refractivity contribution in [2.75, 3.05) is 6.54 Å². The van der Waals surface area contributed by atoms with Crippen LogP contribution in [0.25, 0.3) is 0 Å². The van der Waals surface area contributed by atoms with Gasteiger partial charge < -0.3 is 15.4 Å². The molecule has 0 radical (unpaired) electrons. The summed E-state index contributed by atoms with van der Waals surface area (Å²) in [6.45, 7) is 8.12. The van der Waals surface area contributed by atoms with E-state index in [2.05, 4.69) is 9.97 Å². The molecule has 0 aromatic carbocycles. The third kappa shape index (κ3) is 3.91. The molecule has 1 aliphatic heterocycles. The Morgan fingerprint density at radius 3 is 2.57 bits per heavy atom. The summed E-state index contributed by atoms with van der Waals surface area (Å²) in [5, 5.41) is 0. The Balaban J connectivity index is 2.18. The fourth-order valence-corrected chi connectivity index (χ4v) is 2.71. The molecule has 0 bridgehead atoms. The largest absolute Gasteiger partial charge is 0.444 e. The van der Waals surface area contributed by atoms with Crippen molar-refractivity contribution in [2.45, 2.75) is 57.7 Å². The average molecular weight is 292 g/mol. The topological polar surface area (TPSA) is 81.3 Å². The van der Waals surface area contributed by atoms with Gasteiger partial charge in [0.2, 0.25) is 0 Å². The van der Waals surface area contributed by atoms with Crippen LogP contribution in [0.1, 0.15) is 45.6 Å². The summed E-state index contributed by atoms with van der Waals surface area (Å²) in [7, 11) is 0. The highest BCUT2D eigenvalue weighted by atomic mass is 16.6. The zero-order valence-corrected chi connectivity index (χ0v) is 13.1. The summed E-state index contributed by atoms with van der Waals surface area (Å²) in [4.78, 5) is 22.2. The number of carbonyl (C=O) groups is 1. The average Bonchev–Trinajstić information content (AvgIpc) is 2.40. The maximum Gasteiger partial charge on any atom is 0.410 e. The summed E-state index contributed by atoms with van der Waals surface area (Å²) in [6, 6.07) is -0.0652. The first-order valence-electron chi connectivity index (χ1n) is 7.28. The van der Waals surface area contributed by atoms with Gasteiger partial charge in [-0.25, -0.2) is 14.8 Å². The van der Waals surface area contributed by atoms with Crippen LogP contribution in [-0.4, -0.2) is 45.2 Å². The molecule has 21 heavy (non-hydrogen) atoms. The number of aromatic nitrogens is 2. The number of nitrogens with two attached hydrogens (primary N) is 1. The fourth-order valence-electron chi connectivity index (χ4n) is 2.71. The predicted octanol–water partition coefficient (Wildman–Crippen LogP) is 1.92. The summed E-state index contributed by atoms with van der Waals surface area (Å²) >= 11 is 0. The molecule has 3 atom stereocenters. The van der Waals surface area contributed by atoms with Gasteiger partial charge in [0.1, 0.15) is 11.9 Å². The van der Waals surface area contributed by atoms with Gasteiger partial charge in [-0.1, -0.05) is 0 Å². The van der Waals surface area contributed by atoms with E-state index in [1.54, 1.807) is 17.3 Å². The van der Waals surface area contributed by atoms with E-state index in [0.29, 0.717) is 6.54 Å². The van der Waals surface area contributed by atoms with Gasteiger partial charge in [-0.2, -0.15) is 0 Å². The zero-order chi connectivity index (χ0) is 15.6. The molecule has 1 saturated heterocycles. The van der Waals surface area contributed by atoms with Crippen LogP contribution in [0.5, 0.6) is 0 Å². The lowest BCUT2D eigenvalue weighted by molar-refractivity contribution is 0.00651. The minimum atomic E-state index is -0.510. The maximum atomic E-state index is 12.4. The van der Waals surface area contributed by atoms with E-state index in [0.717, 1.165) is 12.0 Å². The molecule has 3 unspecified atom stereocenters. The molecule has 2 rings (SSSR count). The standard InChI is InChI=1S/C15H24N4O2/c1-10-13(11-6-17-9-18-7-11)5-12(16)8-19(10)14(20)21-15(2,3)4/h6-7,9-10,12-13H,5,8,16H2,1-4H3. The van der Waals surface area contributed by atoms with E-state index in [4.69, 9.17) is 10.5 Å². The third-order valence-electron chi connectivity index (χ3n) is 3.70. The lowest BCUT2D eigenvalue weighted by Gasteiger charge is -2.42. The van der Waals surface area contributed by atoms with Crippen LogP contribution in [0, 0.1) is 0 Å². The second kappa shape index (κ2) is 5.97. The normalized spacial score (nSPS) is 26.5. The molecule has 116 valence electrons. The molecule has 1 aromatic rings. The Morgan fingerprint density at radius 1 is 1.38 bits per heavy atom. The summed E-state index contributed by atoms with van der Waals surface area (Å²) in [5.74, 6) is 0.127. The molecule has 0 saturated carbocycles. The van der Waals surface area contributed by atoms with Crippen LogP contribution >= 0.6 is 0 Å². The molecule has 2 N–H and O–H groups in total. The van der Waals surface area contributed by atoms with Gasteiger partial charge in [-0.15, -0.1) is 0 Å². The third-order valence-corrected chi connectivity index (χ3v) is 3.70. The number of piperidine rings is 1. The smallest absolute Gasteiger partial charge is 0.410 e. The first-order valence-corrected chi connectivity index (χ1v) is 7.28. The van der Waals surface area contributed by atoms with Crippen molar-refractivity contribution in [3.05, 3.63) is 24.3 Å². The second-order valence-corrected chi connectivity index (χ2v) is 6.65. The molecule has 1 aliphatic rings. The number of ether oxygens (including phenoxy) is 1. The molecule has 1 fully saturated rings. The Morgan fingerprint density at radius 2 is 2.00 bits per heavy atom. The molecule has 6 heteroatoms. The fraction of sp³-hybridized carbons (Fsp3) is 0.667. The number of nitrogens with zero attached hydrogens (tertiary/aromatic N) is 3. The minimum absolute atomic E-state index is 0.00523. The predicted molar refractivity (Wildman–Crippen MR) is 79.8 cm³/mol. The van der Waals surface area contributed by atoms with E-state index >= 15 is 0 Å². The van der Waals surface area contributed by atoms with Gasteiger partial charge in [0.05, 0.1) is 0 Å². The second-order valence-electron chi connectivity index (χ2n) is 6.65. The summed E-state index contributed by atoms with van der Waals surface area (Å²) in [5.41, 5.74) is 6.62. The van der Waals surface area contributed by atoms with E-state index in [9.17, 15) is 4.79 Å². The van der Waals surface area contributed by atoms with Crippen LogP contribution in [0.3, 0.4) is 0 Å². The van der Waals surface area contributed by atoms with Gasteiger partial charge >= 0.3 is 6.09 Å².